The average molecular weight is 280 g/mol. The predicted molar refractivity (Wildman–Crippen MR) is 62.4 cm³/mol. The number of hydrogen-bond donors (Lipinski definition) is 0. The molecular formula is C9H14ClN3O3S. The number of rotatable bonds is 2. The fraction of sp³-hybridized carbons (Fsp3) is 0.667. The molecule has 8 heteroatoms. The number of nitrogens with zero attached hydrogens (tertiary/aromatic N) is 3. The third-order valence-electron chi connectivity index (χ3n) is 2.69. The van der Waals surface area contributed by atoms with E-state index in [1.807, 2.05) is 0 Å². The van der Waals surface area contributed by atoms with Gasteiger partial charge >= 0.3 is 0 Å². The number of hydrogen-bond acceptors (Lipinski definition) is 4. The monoisotopic (exact) mass is 279 g/mol. The molecule has 2 rings (SSSR count). The molecule has 1 unspecified atom stereocenters. The van der Waals surface area contributed by atoms with E-state index >= 15 is 0 Å². The Morgan fingerprint density at radius 1 is 1.59 bits per heavy atom. The lowest BCUT2D eigenvalue weighted by Crippen LogP contribution is -2.47. The largest absolute Gasteiger partial charge is 0.378 e. The summed E-state index contributed by atoms with van der Waals surface area (Å²) in [6.45, 7) is 2.92. The van der Waals surface area contributed by atoms with Gasteiger partial charge in [0.1, 0.15) is 5.15 Å². The van der Waals surface area contributed by atoms with Crippen molar-refractivity contribution in [1.82, 2.24) is 13.9 Å². The van der Waals surface area contributed by atoms with Gasteiger partial charge in [0.2, 0.25) is 5.03 Å². The van der Waals surface area contributed by atoms with E-state index < -0.39 is 10.0 Å². The normalized spacial score (nSPS) is 22.9. The molecule has 0 saturated carbocycles. The number of morpholine rings is 1. The summed E-state index contributed by atoms with van der Waals surface area (Å²) >= 11 is 5.92. The van der Waals surface area contributed by atoms with Gasteiger partial charge in [-0.05, 0) is 6.92 Å². The van der Waals surface area contributed by atoms with Crippen LogP contribution in [0.1, 0.15) is 6.92 Å². The Bertz CT molecular complexity index is 514. The van der Waals surface area contributed by atoms with Crippen LogP contribution in [-0.4, -0.2) is 48.1 Å². The molecule has 1 aliphatic rings. The number of aromatic nitrogens is 2. The van der Waals surface area contributed by atoms with E-state index in [1.165, 1.54) is 15.2 Å². The van der Waals surface area contributed by atoms with Gasteiger partial charge < -0.3 is 9.30 Å². The first-order valence-electron chi connectivity index (χ1n) is 5.21. The van der Waals surface area contributed by atoms with Crippen LogP contribution in [0.5, 0.6) is 0 Å². The Hall–Kier alpha value is -0.630. The van der Waals surface area contributed by atoms with Gasteiger partial charge in [-0.25, -0.2) is 13.4 Å². The summed E-state index contributed by atoms with van der Waals surface area (Å²) in [7, 11) is -1.98. The van der Waals surface area contributed by atoms with E-state index in [1.54, 1.807) is 14.0 Å². The van der Waals surface area contributed by atoms with Crippen LogP contribution >= 0.6 is 11.6 Å². The summed E-state index contributed by atoms with van der Waals surface area (Å²) in [5, 5.41) is 0.0408. The van der Waals surface area contributed by atoms with Crippen LogP contribution in [0.4, 0.5) is 0 Å². The highest BCUT2D eigenvalue weighted by Gasteiger charge is 2.34. The van der Waals surface area contributed by atoms with Gasteiger partial charge in [-0.15, -0.1) is 0 Å². The zero-order valence-corrected chi connectivity index (χ0v) is 11.2. The second kappa shape index (κ2) is 4.56. The molecule has 0 N–H and O–H groups in total. The van der Waals surface area contributed by atoms with Crippen molar-refractivity contribution in [1.29, 1.82) is 0 Å². The first-order valence-corrected chi connectivity index (χ1v) is 7.03. The molecule has 2 heterocycles. The number of sulfonamides is 1. The summed E-state index contributed by atoms with van der Waals surface area (Å²) in [5.74, 6) is 0. The van der Waals surface area contributed by atoms with Crippen LogP contribution in [0.2, 0.25) is 5.15 Å². The average Bonchev–Trinajstić information content (AvgIpc) is 2.60. The van der Waals surface area contributed by atoms with Crippen LogP contribution in [-0.2, 0) is 21.8 Å². The van der Waals surface area contributed by atoms with Gasteiger partial charge in [-0.3, -0.25) is 0 Å². The zero-order chi connectivity index (χ0) is 12.6. The Kier molecular flexibility index (Phi) is 3.44. The van der Waals surface area contributed by atoms with Crippen molar-refractivity contribution >= 4 is 21.6 Å². The Labute approximate surface area is 105 Å². The molecule has 0 spiro atoms. The lowest BCUT2D eigenvalue weighted by Gasteiger charge is -2.31. The van der Waals surface area contributed by atoms with E-state index in [9.17, 15) is 8.42 Å². The molecule has 6 nitrogen and oxygen atoms in total. The molecule has 0 aromatic carbocycles. The smallest absolute Gasteiger partial charge is 0.264 e. The Balaban J connectivity index is 2.39. The fourth-order valence-corrected chi connectivity index (χ4v) is 3.74. The fourth-order valence-electron chi connectivity index (χ4n) is 1.75. The number of ether oxygens (including phenoxy) is 1. The molecule has 1 aromatic heterocycles. The second-order valence-corrected chi connectivity index (χ2v) is 6.15. The predicted octanol–water partition coefficient (Wildman–Crippen LogP) is 0.483. The van der Waals surface area contributed by atoms with Crippen LogP contribution in [0.3, 0.4) is 0 Å². The molecule has 1 aromatic rings. The molecule has 1 saturated heterocycles. The molecule has 0 bridgehead atoms. The van der Waals surface area contributed by atoms with Gasteiger partial charge in [0, 0.05) is 19.6 Å². The van der Waals surface area contributed by atoms with E-state index in [-0.39, 0.29) is 16.2 Å². The number of imidazole rings is 1. The highest BCUT2D eigenvalue weighted by atomic mass is 35.5. The van der Waals surface area contributed by atoms with E-state index in [2.05, 4.69) is 4.98 Å². The lowest BCUT2D eigenvalue weighted by molar-refractivity contribution is 0.0392. The van der Waals surface area contributed by atoms with Crippen LogP contribution < -0.4 is 0 Å². The minimum absolute atomic E-state index is 0.0876. The molecular weight excluding hydrogens is 266 g/mol. The van der Waals surface area contributed by atoms with E-state index in [0.717, 1.165) is 0 Å². The maximum Gasteiger partial charge on any atom is 0.264 e. The zero-order valence-electron chi connectivity index (χ0n) is 9.63. The van der Waals surface area contributed by atoms with E-state index in [0.29, 0.717) is 19.8 Å². The summed E-state index contributed by atoms with van der Waals surface area (Å²) in [5.41, 5.74) is 0. The Morgan fingerprint density at radius 3 is 2.82 bits per heavy atom. The molecule has 1 atom stereocenters. The lowest BCUT2D eigenvalue weighted by atomic mass is 10.3. The number of aryl methyl sites for hydroxylation is 1. The maximum atomic E-state index is 12.3. The third-order valence-corrected chi connectivity index (χ3v) is 5.20. The number of halogens is 1. The van der Waals surface area contributed by atoms with Crippen LogP contribution in [0.25, 0.3) is 0 Å². The molecule has 1 fully saturated rings. The van der Waals surface area contributed by atoms with Gasteiger partial charge in [0.05, 0.1) is 19.5 Å². The van der Waals surface area contributed by atoms with Crippen molar-refractivity contribution < 1.29 is 13.2 Å². The van der Waals surface area contributed by atoms with Gasteiger partial charge in [-0.2, -0.15) is 4.31 Å². The second-order valence-electron chi connectivity index (χ2n) is 3.99. The van der Waals surface area contributed by atoms with Gasteiger partial charge in [0.25, 0.3) is 10.0 Å². The van der Waals surface area contributed by atoms with Crippen molar-refractivity contribution in [2.75, 3.05) is 19.8 Å². The summed E-state index contributed by atoms with van der Waals surface area (Å²) in [6.07, 6.45) is 1.39. The highest BCUT2D eigenvalue weighted by Crippen LogP contribution is 2.24. The van der Waals surface area contributed by atoms with Crippen molar-refractivity contribution in [2.45, 2.75) is 18.0 Å². The van der Waals surface area contributed by atoms with Crippen molar-refractivity contribution in [2.24, 2.45) is 7.05 Å². The first-order chi connectivity index (χ1) is 7.94. The maximum absolute atomic E-state index is 12.3. The first kappa shape index (κ1) is 12.8. The standard InChI is InChI=1S/C9H14ClN3O3S/c1-7-5-16-4-3-13(7)17(14,15)9-8(10)12(2)6-11-9/h6-7H,3-5H2,1-2H3. The highest BCUT2D eigenvalue weighted by molar-refractivity contribution is 7.89. The third kappa shape index (κ3) is 2.20. The minimum atomic E-state index is -3.63. The molecule has 17 heavy (non-hydrogen) atoms. The molecule has 96 valence electrons. The van der Waals surface area contributed by atoms with E-state index in [4.69, 9.17) is 16.3 Å². The summed E-state index contributed by atoms with van der Waals surface area (Å²) in [4.78, 5) is 3.86. The van der Waals surface area contributed by atoms with Gasteiger partial charge in [0.15, 0.2) is 0 Å². The molecule has 1 aliphatic heterocycles. The molecule has 0 amide bonds. The quantitative estimate of drug-likeness (QED) is 0.790. The van der Waals surface area contributed by atoms with Crippen molar-refractivity contribution in [3.8, 4) is 0 Å². The van der Waals surface area contributed by atoms with Crippen LogP contribution in [0, 0.1) is 0 Å². The Morgan fingerprint density at radius 2 is 2.29 bits per heavy atom. The van der Waals surface area contributed by atoms with Crippen molar-refractivity contribution in [3.63, 3.8) is 0 Å². The molecule has 0 radical (unpaired) electrons. The summed E-state index contributed by atoms with van der Waals surface area (Å²) < 4.78 is 32.7. The summed E-state index contributed by atoms with van der Waals surface area (Å²) in [6, 6.07) is -0.202. The van der Waals surface area contributed by atoms with Gasteiger partial charge in [-0.1, -0.05) is 11.6 Å². The topological polar surface area (TPSA) is 64.4 Å². The van der Waals surface area contributed by atoms with Crippen molar-refractivity contribution in [3.05, 3.63) is 11.5 Å². The van der Waals surface area contributed by atoms with Crippen LogP contribution in [0.15, 0.2) is 11.4 Å². The molecule has 0 aliphatic carbocycles. The minimum Gasteiger partial charge on any atom is -0.378 e. The SMILES string of the molecule is CC1COCCN1S(=O)(=O)c1ncn(C)c1Cl.